The van der Waals surface area contributed by atoms with Gasteiger partial charge in [0.15, 0.2) is 23.0 Å². The molecule has 1 aromatic carbocycles. The van der Waals surface area contributed by atoms with Crippen LogP contribution < -0.4 is 9.47 Å². The molecule has 5 heteroatoms. The van der Waals surface area contributed by atoms with E-state index in [2.05, 4.69) is 6.58 Å². The molecule has 5 nitrogen and oxygen atoms in total. The lowest BCUT2D eigenvalue weighted by Crippen LogP contribution is -2.38. The van der Waals surface area contributed by atoms with Gasteiger partial charge < -0.3 is 14.2 Å². The van der Waals surface area contributed by atoms with Crippen LogP contribution in [0.25, 0.3) is 0 Å². The Kier molecular flexibility index (Phi) is 3.49. The van der Waals surface area contributed by atoms with Crippen molar-refractivity contribution in [3.05, 3.63) is 48.3 Å². The molecule has 3 aliphatic rings. The smallest absolute Gasteiger partial charge is 0.231 e. The van der Waals surface area contributed by atoms with E-state index in [4.69, 9.17) is 14.2 Å². The average molecular weight is 340 g/mol. The van der Waals surface area contributed by atoms with E-state index in [0.29, 0.717) is 17.9 Å². The summed E-state index contributed by atoms with van der Waals surface area (Å²) in [6.45, 7) is 6.02. The number of fused-ring (bicyclic) bond motifs is 3. The van der Waals surface area contributed by atoms with Crippen molar-refractivity contribution in [3.63, 3.8) is 0 Å². The van der Waals surface area contributed by atoms with E-state index in [1.54, 1.807) is 12.2 Å². The summed E-state index contributed by atoms with van der Waals surface area (Å²) in [7, 11) is 1.47. The molecule has 2 aliphatic carbocycles. The van der Waals surface area contributed by atoms with E-state index in [1.165, 1.54) is 7.11 Å². The van der Waals surface area contributed by atoms with Crippen LogP contribution in [0.4, 0.5) is 0 Å². The van der Waals surface area contributed by atoms with Gasteiger partial charge in [0, 0.05) is 5.92 Å². The van der Waals surface area contributed by atoms with Gasteiger partial charge in [0.25, 0.3) is 0 Å². The van der Waals surface area contributed by atoms with Crippen molar-refractivity contribution < 1.29 is 23.8 Å². The first-order valence-corrected chi connectivity index (χ1v) is 8.39. The molecule has 1 saturated carbocycles. The van der Waals surface area contributed by atoms with Gasteiger partial charge in [0.1, 0.15) is 0 Å². The third kappa shape index (κ3) is 2.01. The summed E-state index contributed by atoms with van der Waals surface area (Å²) in [6, 6.07) is 5.65. The van der Waals surface area contributed by atoms with Crippen LogP contribution in [0.3, 0.4) is 0 Å². The Bertz CT molecular complexity index is 808. The zero-order chi connectivity index (χ0) is 17.8. The highest BCUT2D eigenvalue weighted by Gasteiger charge is 2.62. The summed E-state index contributed by atoms with van der Waals surface area (Å²) in [5, 5.41) is 0. The van der Waals surface area contributed by atoms with Crippen molar-refractivity contribution in [3.8, 4) is 11.5 Å². The number of hydrogen-bond donors (Lipinski definition) is 0. The fourth-order valence-electron chi connectivity index (χ4n) is 4.57. The SMILES string of the molecule is C=CC[C@@]12C=C(OC)C(=O)[C@@H](C1=O)C(c1ccc3c(c1)OCO3)[C@@H]2C. The van der Waals surface area contributed by atoms with Crippen LogP contribution in [0.2, 0.25) is 0 Å². The van der Waals surface area contributed by atoms with Crippen LogP contribution in [-0.4, -0.2) is 25.5 Å². The van der Waals surface area contributed by atoms with Gasteiger partial charge in [-0.15, -0.1) is 6.58 Å². The number of Topliss-reactive ketones (excluding diaryl/α,β-unsaturated/α-hetero) is 2. The zero-order valence-corrected chi connectivity index (χ0v) is 14.3. The minimum atomic E-state index is -0.743. The molecule has 130 valence electrons. The quantitative estimate of drug-likeness (QED) is 0.623. The molecule has 0 N–H and O–H groups in total. The molecule has 1 heterocycles. The van der Waals surface area contributed by atoms with E-state index >= 15 is 0 Å². The highest BCUT2D eigenvalue weighted by Crippen LogP contribution is 2.59. The van der Waals surface area contributed by atoms with Gasteiger partial charge in [-0.05, 0) is 36.1 Å². The largest absolute Gasteiger partial charge is 0.493 e. The normalized spacial score (nSPS) is 32.6. The van der Waals surface area contributed by atoms with Gasteiger partial charge in [0.05, 0.1) is 18.4 Å². The van der Waals surface area contributed by atoms with Gasteiger partial charge in [-0.1, -0.05) is 19.1 Å². The fraction of sp³-hybridized carbons (Fsp3) is 0.400. The number of methoxy groups -OCH3 is 1. The van der Waals surface area contributed by atoms with E-state index in [1.807, 2.05) is 25.1 Å². The predicted molar refractivity (Wildman–Crippen MR) is 90.3 cm³/mol. The molecule has 1 unspecified atom stereocenters. The minimum Gasteiger partial charge on any atom is -0.493 e. The van der Waals surface area contributed by atoms with Crippen molar-refractivity contribution in [1.29, 1.82) is 0 Å². The van der Waals surface area contributed by atoms with Gasteiger partial charge in [-0.3, -0.25) is 9.59 Å². The number of ether oxygens (including phenoxy) is 3. The van der Waals surface area contributed by atoms with Gasteiger partial charge in [0.2, 0.25) is 12.6 Å². The summed E-state index contributed by atoms with van der Waals surface area (Å²) < 4.78 is 16.1. The third-order valence-electron chi connectivity index (χ3n) is 5.85. The summed E-state index contributed by atoms with van der Waals surface area (Å²) in [4.78, 5) is 26.0. The second-order valence-corrected chi connectivity index (χ2v) is 6.88. The Morgan fingerprint density at radius 3 is 2.80 bits per heavy atom. The molecule has 0 saturated heterocycles. The highest BCUT2D eigenvalue weighted by molar-refractivity contribution is 6.17. The second kappa shape index (κ2) is 5.48. The van der Waals surface area contributed by atoms with Gasteiger partial charge in [-0.2, -0.15) is 0 Å². The Morgan fingerprint density at radius 2 is 2.08 bits per heavy atom. The van der Waals surface area contributed by atoms with Crippen molar-refractivity contribution in [2.24, 2.45) is 17.3 Å². The summed E-state index contributed by atoms with van der Waals surface area (Å²) >= 11 is 0. The lowest BCUT2D eigenvalue weighted by atomic mass is 9.71. The average Bonchev–Trinajstić information content (AvgIpc) is 3.13. The minimum absolute atomic E-state index is 0.0339. The molecule has 0 radical (unpaired) electrons. The molecular formula is C20H20O5. The van der Waals surface area contributed by atoms with E-state index in [9.17, 15) is 9.59 Å². The monoisotopic (exact) mass is 340 g/mol. The number of carbonyl (C=O) groups excluding carboxylic acids is 2. The summed E-state index contributed by atoms with van der Waals surface area (Å²) in [5.74, 6) is 0.345. The molecule has 1 aliphatic heterocycles. The number of allylic oxidation sites excluding steroid dienone is 3. The number of hydrogen-bond acceptors (Lipinski definition) is 5. The van der Waals surface area contributed by atoms with E-state index in [-0.39, 0.29) is 36.0 Å². The first kappa shape index (κ1) is 15.9. The van der Waals surface area contributed by atoms with Crippen LogP contribution in [0.5, 0.6) is 11.5 Å². The molecule has 0 spiro atoms. The molecule has 0 aromatic heterocycles. The Balaban J connectivity index is 1.84. The molecule has 1 fully saturated rings. The number of benzene rings is 1. The number of ketones is 2. The molecule has 2 bridgehead atoms. The van der Waals surface area contributed by atoms with Crippen molar-refractivity contribution in [2.75, 3.05) is 13.9 Å². The molecule has 4 rings (SSSR count). The van der Waals surface area contributed by atoms with Crippen molar-refractivity contribution in [1.82, 2.24) is 0 Å². The van der Waals surface area contributed by atoms with Crippen LogP contribution in [0.1, 0.15) is 24.8 Å². The Morgan fingerprint density at radius 1 is 1.32 bits per heavy atom. The van der Waals surface area contributed by atoms with Gasteiger partial charge in [-0.25, -0.2) is 0 Å². The van der Waals surface area contributed by atoms with Crippen molar-refractivity contribution >= 4 is 11.6 Å². The molecule has 0 amide bonds. The topological polar surface area (TPSA) is 61.8 Å². The lowest BCUT2D eigenvalue weighted by Gasteiger charge is -2.31. The molecule has 4 atom stereocenters. The van der Waals surface area contributed by atoms with Crippen LogP contribution in [0.15, 0.2) is 42.7 Å². The maximum Gasteiger partial charge on any atom is 0.231 e. The van der Waals surface area contributed by atoms with Crippen LogP contribution in [0, 0.1) is 17.3 Å². The predicted octanol–water partition coefficient (Wildman–Crippen LogP) is 3.01. The highest BCUT2D eigenvalue weighted by atomic mass is 16.7. The van der Waals surface area contributed by atoms with Crippen molar-refractivity contribution in [2.45, 2.75) is 19.3 Å². The fourth-order valence-corrected chi connectivity index (χ4v) is 4.57. The molecular weight excluding hydrogens is 320 g/mol. The van der Waals surface area contributed by atoms with E-state index in [0.717, 1.165) is 5.56 Å². The first-order valence-electron chi connectivity index (χ1n) is 8.39. The molecule has 25 heavy (non-hydrogen) atoms. The maximum atomic E-state index is 13.2. The summed E-state index contributed by atoms with van der Waals surface area (Å²) in [6.07, 6.45) is 3.95. The number of rotatable bonds is 4. The lowest BCUT2D eigenvalue weighted by molar-refractivity contribution is -0.136. The second-order valence-electron chi connectivity index (χ2n) is 6.88. The zero-order valence-electron chi connectivity index (χ0n) is 14.3. The van der Waals surface area contributed by atoms with Crippen LogP contribution in [-0.2, 0) is 14.3 Å². The summed E-state index contributed by atoms with van der Waals surface area (Å²) in [5.41, 5.74) is 0.173. The van der Waals surface area contributed by atoms with Gasteiger partial charge >= 0.3 is 0 Å². The number of carbonyl (C=O) groups is 2. The molecule has 1 aromatic rings. The Hall–Kier alpha value is -2.56. The van der Waals surface area contributed by atoms with Crippen LogP contribution >= 0.6 is 0 Å². The maximum absolute atomic E-state index is 13.2. The standard InChI is InChI=1S/C20H20O5/c1-4-7-20-9-15(23-3)18(21)17(19(20)22)16(11(20)2)12-5-6-13-14(8-12)25-10-24-13/h4-6,8-9,11,16-17H,1,7,10H2,2-3H3/t11-,16?,17-,20-/m0/s1. The first-order chi connectivity index (χ1) is 12.0. The third-order valence-corrected chi connectivity index (χ3v) is 5.85. The van der Waals surface area contributed by atoms with E-state index < -0.39 is 11.3 Å². The Labute approximate surface area is 146 Å².